The zero-order chi connectivity index (χ0) is 14.2. The molecule has 5 nitrogen and oxygen atoms in total. The minimum Gasteiger partial charge on any atom is -0.478 e. The van der Waals surface area contributed by atoms with Crippen LogP contribution in [0.5, 0.6) is 0 Å². The molecule has 0 aliphatic heterocycles. The summed E-state index contributed by atoms with van der Waals surface area (Å²) >= 11 is 1.58. The molecule has 2 aromatic rings. The summed E-state index contributed by atoms with van der Waals surface area (Å²) in [5, 5.41) is 16.2. The highest BCUT2D eigenvalue weighted by Crippen LogP contribution is 2.24. The molecular weight excluding hydrogens is 262 g/mol. The second-order valence-electron chi connectivity index (χ2n) is 5.51. The molecule has 2 heterocycles. The van der Waals surface area contributed by atoms with E-state index in [2.05, 4.69) is 30.9 Å². The first-order chi connectivity index (χ1) is 8.77. The lowest BCUT2D eigenvalue weighted by molar-refractivity contribution is 0.0696. The molecular formula is C13H17N3O2S. The summed E-state index contributed by atoms with van der Waals surface area (Å²) in [5.74, 6) is -0.946. The molecule has 19 heavy (non-hydrogen) atoms. The monoisotopic (exact) mass is 279 g/mol. The summed E-state index contributed by atoms with van der Waals surface area (Å²) in [6.07, 6.45) is 1.55. The normalized spacial score (nSPS) is 11.8. The lowest BCUT2D eigenvalue weighted by Crippen LogP contribution is -2.12. The molecule has 2 aromatic heterocycles. The van der Waals surface area contributed by atoms with E-state index in [0.717, 1.165) is 10.7 Å². The maximum absolute atomic E-state index is 11.0. The van der Waals surface area contributed by atoms with Crippen LogP contribution in [0.2, 0.25) is 0 Å². The van der Waals surface area contributed by atoms with Gasteiger partial charge in [-0.2, -0.15) is 5.10 Å². The highest BCUT2D eigenvalue weighted by Gasteiger charge is 2.18. The van der Waals surface area contributed by atoms with Crippen molar-refractivity contribution in [3.8, 4) is 0 Å². The van der Waals surface area contributed by atoms with E-state index in [9.17, 15) is 4.79 Å². The zero-order valence-corrected chi connectivity index (χ0v) is 12.3. The second kappa shape index (κ2) is 4.77. The highest BCUT2D eigenvalue weighted by atomic mass is 32.1. The molecule has 0 bridgehead atoms. The molecule has 102 valence electrons. The van der Waals surface area contributed by atoms with Crippen molar-refractivity contribution >= 4 is 17.3 Å². The number of carboxylic acid groups (broad SMARTS) is 1. The van der Waals surface area contributed by atoms with E-state index in [0.29, 0.717) is 12.2 Å². The Kier molecular flexibility index (Phi) is 3.45. The minimum atomic E-state index is -0.946. The third-order valence-corrected chi connectivity index (χ3v) is 3.63. The molecule has 0 aliphatic carbocycles. The summed E-state index contributed by atoms with van der Waals surface area (Å²) in [6.45, 7) is 8.56. The second-order valence-corrected chi connectivity index (χ2v) is 6.45. The first-order valence-corrected chi connectivity index (χ1v) is 6.87. The van der Waals surface area contributed by atoms with E-state index in [4.69, 9.17) is 5.11 Å². The number of carboxylic acids is 1. The molecule has 6 heteroatoms. The van der Waals surface area contributed by atoms with E-state index in [1.807, 2.05) is 5.38 Å². The summed E-state index contributed by atoms with van der Waals surface area (Å²) < 4.78 is 1.63. The molecule has 0 radical (unpaired) electrons. The van der Waals surface area contributed by atoms with Crippen LogP contribution < -0.4 is 0 Å². The van der Waals surface area contributed by atoms with Crippen LogP contribution in [0.3, 0.4) is 0 Å². The van der Waals surface area contributed by atoms with E-state index < -0.39 is 5.97 Å². The van der Waals surface area contributed by atoms with Crippen molar-refractivity contribution in [2.24, 2.45) is 0 Å². The van der Waals surface area contributed by atoms with Gasteiger partial charge in [0, 0.05) is 17.0 Å². The Morgan fingerprint density at radius 1 is 1.47 bits per heavy atom. The standard InChI is InChI=1S/C13H17N3O2S/c1-8-9(12(17)18)5-16(15-8)6-11-14-10(7-19-11)13(2,3)4/h5,7H,6H2,1-4H3,(H,17,18). The Balaban J connectivity index is 2.20. The largest absolute Gasteiger partial charge is 0.478 e. The third kappa shape index (κ3) is 3.01. The predicted molar refractivity (Wildman–Crippen MR) is 73.8 cm³/mol. The van der Waals surface area contributed by atoms with Gasteiger partial charge in [0.05, 0.1) is 17.9 Å². The summed E-state index contributed by atoms with van der Waals surface area (Å²) in [5.41, 5.74) is 1.85. The van der Waals surface area contributed by atoms with E-state index >= 15 is 0 Å². The highest BCUT2D eigenvalue weighted by molar-refractivity contribution is 7.09. The first kappa shape index (κ1) is 13.7. The number of nitrogens with zero attached hydrogens (tertiary/aromatic N) is 3. The van der Waals surface area contributed by atoms with Gasteiger partial charge >= 0.3 is 5.97 Å². The zero-order valence-electron chi connectivity index (χ0n) is 11.5. The average molecular weight is 279 g/mol. The molecule has 0 amide bonds. The predicted octanol–water partition coefficient (Wildman–Crippen LogP) is 2.69. The topological polar surface area (TPSA) is 68.0 Å². The lowest BCUT2D eigenvalue weighted by Gasteiger charge is -2.14. The van der Waals surface area contributed by atoms with Gasteiger partial charge in [0.2, 0.25) is 0 Å². The Labute approximate surface area is 115 Å². The Bertz CT molecular complexity index is 608. The van der Waals surface area contributed by atoms with Gasteiger partial charge in [-0.25, -0.2) is 9.78 Å². The van der Waals surface area contributed by atoms with Crippen molar-refractivity contribution in [3.05, 3.63) is 33.5 Å². The number of carbonyl (C=O) groups is 1. The Morgan fingerprint density at radius 2 is 2.16 bits per heavy atom. The Morgan fingerprint density at radius 3 is 2.63 bits per heavy atom. The summed E-state index contributed by atoms with van der Waals surface area (Å²) in [4.78, 5) is 15.5. The van der Waals surface area contributed by atoms with Gasteiger partial charge in [-0.3, -0.25) is 4.68 Å². The molecule has 0 aliphatic rings. The van der Waals surface area contributed by atoms with Crippen molar-refractivity contribution in [1.29, 1.82) is 0 Å². The maximum Gasteiger partial charge on any atom is 0.339 e. The number of aromatic nitrogens is 3. The molecule has 0 fully saturated rings. The fourth-order valence-electron chi connectivity index (χ4n) is 1.68. The summed E-state index contributed by atoms with van der Waals surface area (Å²) in [7, 11) is 0. The quantitative estimate of drug-likeness (QED) is 0.938. The Hall–Kier alpha value is -1.69. The molecule has 0 saturated heterocycles. The van der Waals surface area contributed by atoms with Crippen LogP contribution in [0.15, 0.2) is 11.6 Å². The lowest BCUT2D eigenvalue weighted by atomic mass is 9.93. The van der Waals surface area contributed by atoms with Gasteiger partial charge in [-0.05, 0) is 6.92 Å². The van der Waals surface area contributed by atoms with Crippen molar-refractivity contribution < 1.29 is 9.90 Å². The maximum atomic E-state index is 11.0. The van der Waals surface area contributed by atoms with E-state index in [-0.39, 0.29) is 11.0 Å². The fourth-order valence-corrected chi connectivity index (χ4v) is 2.69. The van der Waals surface area contributed by atoms with Crippen molar-refractivity contribution in [3.63, 3.8) is 0 Å². The SMILES string of the molecule is Cc1nn(Cc2nc(C(C)(C)C)cs2)cc1C(=O)O. The van der Waals surface area contributed by atoms with Gasteiger partial charge in [0.15, 0.2) is 0 Å². The van der Waals surface area contributed by atoms with Crippen LogP contribution in [0, 0.1) is 6.92 Å². The van der Waals surface area contributed by atoms with Crippen LogP contribution in [0.25, 0.3) is 0 Å². The van der Waals surface area contributed by atoms with Crippen LogP contribution in [0.4, 0.5) is 0 Å². The minimum absolute atomic E-state index is 0.0288. The molecule has 2 rings (SSSR count). The molecule has 0 unspecified atom stereocenters. The number of rotatable bonds is 3. The van der Waals surface area contributed by atoms with Gasteiger partial charge in [0.25, 0.3) is 0 Å². The fraction of sp³-hybridized carbons (Fsp3) is 0.462. The number of hydrogen-bond acceptors (Lipinski definition) is 4. The van der Waals surface area contributed by atoms with Gasteiger partial charge in [-0.15, -0.1) is 11.3 Å². The third-order valence-electron chi connectivity index (χ3n) is 2.79. The van der Waals surface area contributed by atoms with Crippen LogP contribution >= 0.6 is 11.3 Å². The first-order valence-electron chi connectivity index (χ1n) is 5.99. The molecule has 0 saturated carbocycles. The van der Waals surface area contributed by atoms with Crippen LogP contribution in [-0.2, 0) is 12.0 Å². The average Bonchev–Trinajstić information content (AvgIpc) is 2.85. The van der Waals surface area contributed by atoms with Crippen LogP contribution in [-0.4, -0.2) is 25.8 Å². The molecule has 0 spiro atoms. The molecule has 1 N–H and O–H groups in total. The van der Waals surface area contributed by atoms with Gasteiger partial charge in [-0.1, -0.05) is 20.8 Å². The van der Waals surface area contributed by atoms with Gasteiger partial charge in [0.1, 0.15) is 10.6 Å². The van der Waals surface area contributed by atoms with E-state index in [1.54, 1.807) is 29.1 Å². The smallest absolute Gasteiger partial charge is 0.339 e. The number of aryl methyl sites for hydroxylation is 1. The van der Waals surface area contributed by atoms with Crippen LogP contribution in [0.1, 0.15) is 47.5 Å². The van der Waals surface area contributed by atoms with Crippen molar-refractivity contribution in [2.75, 3.05) is 0 Å². The van der Waals surface area contributed by atoms with Gasteiger partial charge < -0.3 is 5.11 Å². The number of hydrogen-bond donors (Lipinski definition) is 1. The van der Waals surface area contributed by atoms with Crippen molar-refractivity contribution in [1.82, 2.24) is 14.8 Å². The molecule has 0 aromatic carbocycles. The van der Waals surface area contributed by atoms with Crippen molar-refractivity contribution in [2.45, 2.75) is 39.7 Å². The molecule has 0 atom stereocenters. The number of thiazole rings is 1. The number of aromatic carboxylic acids is 1. The van der Waals surface area contributed by atoms with E-state index in [1.165, 1.54) is 0 Å². The summed E-state index contributed by atoms with van der Waals surface area (Å²) in [6, 6.07) is 0.